The van der Waals surface area contributed by atoms with Crippen molar-refractivity contribution < 1.29 is 10.2 Å². The lowest BCUT2D eigenvalue weighted by Gasteiger charge is -2.33. The van der Waals surface area contributed by atoms with Crippen LogP contribution >= 0.6 is 23.5 Å². The number of hydrogen-bond donors (Lipinski definition) is 2. The lowest BCUT2D eigenvalue weighted by molar-refractivity contribution is 0.169. The molecular weight excluding hydrogens is 264 g/mol. The van der Waals surface area contributed by atoms with E-state index in [0.29, 0.717) is 16.9 Å². The highest BCUT2D eigenvalue weighted by atomic mass is 32.2. The number of aliphatic hydroxyl groups is 1. The van der Waals surface area contributed by atoms with Crippen molar-refractivity contribution in [2.75, 3.05) is 11.5 Å². The Bertz CT molecular complexity index is 384. The van der Waals surface area contributed by atoms with E-state index in [1.165, 1.54) is 5.75 Å². The summed E-state index contributed by atoms with van der Waals surface area (Å²) in [6.45, 7) is 2.19. The second-order valence-corrected chi connectivity index (χ2v) is 7.23. The molecule has 0 spiro atoms. The van der Waals surface area contributed by atoms with Crippen LogP contribution in [-0.2, 0) is 6.42 Å². The maximum atomic E-state index is 10.4. The number of phenols is 1. The second-order valence-electron chi connectivity index (χ2n) is 4.59. The summed E-state index contributed by atoms with van der Waals surface area (Å²) in [7, 11) is 0. The van der Waals surface area contributed by atoms with Crippen molar-refractivity contribution >= 4 is 23.5 Å². The van der Waals surface area contributed by atoms with Gasteiger partial charge in [0.05, 0.1) is 6.10 Å². The van der Waals surface area contributed by atoms with Gasteiger partial charge in [0.25, 0.3) is 0 Å². The molecule has 2 N–H and O–H groups in total. The fourth-order valence-electron chi connectivity index (χ4n) is 2.34. The third-order valence-corrected chi connectivity index (χ3v) is 6.62. The molecule has 0 aliphatic carbocycles. The first kappa shape index (κ1) is 14.1. The first-order chi connectivity index (χ1) is 8.70. The number of phenolic OH excluding ortho intramolecular Hbond substituents is 1. The first-order valence-corrected chi connectivity index (χ1v) is 8.49. The minimum Gasteiger partial charge on any atom is -0.508 e. The molecule has 1 aromatic carbocycles. The van der Waals surface area contributed by atoms with Gasteiger partial charge in [-0.15, -0.1) is 0 Å². The molecule has 1 saturated heterocycles. The lowest BCUT2D eigenvalue weighted by atomic mass is 10.0. The fourth-order valence-corrected chi connectivity index (χ4v) is 5.48. The molecule has 0 amide bonds. The highest BCUT2D eigenvalue weighted by Gasteiger charge is 2.30. The molecule has 1 aromatic rings. The summed E-state index contributed by atoms with van der Waals surface area (Å²) in [4.78, 5) is 0. The summed E-state index contributed by atoms with van der Waals surface area (Å²) in [5, 5.41) is 20.7. The molecule has 2 rings (SSSR count). The highest BCUT2D eigenvalue weighted by molar-refractivity contribution is 8.07. The SMILES string of the molecule is CCC1SCCSC1C(O)Cc1cccc(O)c1. The van der Waals surface area contributed by atoms with E-state index in [0.717, 1.165) is 17.7 Å². The van der Waals surface area contributed by atoms with Crippen LogP contribution in [-0.4, -0.2) is 38.3 Å². The quantitative estimate of drug-likeness (QED) is 0.892. The molecule has 0 bridgehead atoms. The molecule has 2 nitrogen and oxygen atoms in total. The number of aliphatic hydroxyl groups excluding tert-OH is 1. The van der Waals surface area contributed by atoms with Crippen LogP contribution in [0, 0.1) is 0 Å². The van der Waals surface area contributed by atoms with E-state index < -0.39 is 0 Å². The summed E-state index contributed by atoms with van der Waals surface area (Å²) in [6.07, 6.45) is 1.41. The molecule has 1 aliphatic heterocycles. The average molecular weight is 284 g/mol. The molecule has 3 unspecified atom stereocenters. The van der Waals surface area contributed by atoms with Crippen molar-refractivity contribution in [3.05, 3.63) is 29.8 Å². The van der Waals surface area contributed by atoms with E-state index >= 15 is 0 Å². The van der Waals surface area contributed by atoms with E-state index in [1.54, 1.807) is 12.1 Å². The van der Waals surface area contributed by atoms with Crippen LogP contribution in [0.1, 0.15) is 18.9 Å². The summed E-state index contributed by atoms with van der Waals surface area (Å²) in [6, 6.07) is 7.20. The van der Waals surface area contributed by atoms with Gasteiger partial charge < -0.3 is 10.2 Å². The summed E-state index contributed by atoms with van der Waals surface area (Å²) in [5.74, 6) is 2.60. The zero-order valence-electron chi connectivity index (χ0n) is 10.6. The molecule has 1 aliphatic rings. The molecule has 1 fully saturated rings. The predicted molar refractivity (Wildman–Crippen MR) is 80.6 cm³/mol. The van der Waals surface area contributed by atoms with Gasteiger partial charge in [-0.1, -0.05) is 19.1 Å². The monoisotopic (exact) mass is 284 g/mol. The lowest BCUT2D eigenvalue weighted by Crippen LogP contribution is -2.37. The Morgan fingerprint density at radius 2 is 2.11 bits per heavy atom. The molecule has 0 radical (unpaired) electrons. The maximum absolute atomic E-state index is 10.4. The normalized spacial score (nSPS) is 25.9. The van der Waals surface area contributed by atoms with Gasteiger partial charge in [0.1, 0.15) is 5.75 Å². The Balaban J connectivity index is 1.99. The first-order valence-electron chi connectivity index (χ1n) is 6.40. The number of thioether (sulfide) groups is 2. The van der Waals surface area contributed by atoms with Crippen LogP contribution in [0.25, 0.3) is 0 Å². The van der Waals surface area contributed by atoms with E-state index in [-0.39, 0.29) is 11.9 Å². The van der Waals surface area contributed by atoms with E-state index in [2.05, 4.69) is 6.92 Å². The fraction of sp³-hybridized carbons (Fsp3) is 0.571. The molecular formula is C14H20O2S2. The molecule has 18 heavy (non-hydrogen) atoms. The van der Waals surface area contributed by atoms with Gasteiger partial charge >= 0.3 is 0 Å². The van der Waals surface area contributed by atoms with E-state index in [1.807, 2.05) is 35.7 Å². The van der Waals surface area contributed by atoms with Crippen molar-refractivity contribution in [3.63, 3.8) is 0 Å². The molecule has 4 heteroatoms. The minimum atomic E-state index is -0.324. The van der Waals surface area contributed by atoms with Gasteiger partial charge in [-0.2, -0.15) is 23.5 Å². The van der Waals surface area contributed by atoms with Gasteiger partial charge in [-0.25, -0.2) is 0 Å². The predicted octanol–water partition coefficient (Wildman–Crippen LogP) is 2.92. The Labute approximate surface area is 117 Å². The van der Waals surface area contributed by atoms with Crippen LogP contribution in [0.4, 0.5) is 0 Å². The van der Waals surface area contributed by atoms with Crippen LogP contribution in [0.15, 0.2) is 24.3 Å². The number of benzene rings is 1. The zero-order chi connectivity index (χ0) is 13.0. The topological polar surface area (TPSA) is 40.5 Å². The Morgan fingerprint density at radius 1 is 1.33 bits per heavy atom. The van der Waals surface area contributed by atoms with Gasteiger partial charge in [-0.05, 0) is 30.5 Å². The number of aromatic hydroxyl groups is 1. The third kappa shape index (κ3) is 3.59. The standard InChI is InChI=1S/C14H20O2S2/c1-2-13-14(18-7-6-17-13)12(16)9-10-4-3-5-11(15)8-10/h3-5,8,12-16H,2,6-7,9H2,1H3. The largest absolute Gasteiger partial charge is 0.508 e. The Kier molecular flexibility index (Phi) is 5.27. The molecule has 100 valence electrons. The smallest absolute Gasteiger partial charge is 0.115 e. The maximum Gasteiger partial charge on any atom is 0.115 e. The van der Waals surface area contributed by atoms with E-state index in [9.17, 15) is 10.2 Å². The van der Waals surface area contributed by atoms with Crippen LogP contribution in [0.2, 0.25) is 0 Å². The second kappa shape index (κ2) is 6.73. The molecule has 1 heterocycles. The molecule has 0 aromatic heterocycles. The molecule has 0 saturated carbocycles. The van der Waals surface area contributed by atoms with Gasteiger partial charge in [0, 0.05) is 22.0 Å². The van der Waals surface area contributed by atoms with Crippen molar-refractivity contribution in [2.45, 2.75) is 36.4 Å². The Hall–Kier alpha value is -0.320. The summed E-state index contributed by atoms with van der Waals surface area (Å²) >= 11 is 3.88. The van der Waals surface area contributed by atoms with Crippen molar-refractivity contribution in [1.82, 2.24) is 0 Å². The van der Waals surface area contributed by atoms with Crippen molar-refractivity contribution in [1.29, 1.82) is 0 Å². The van der Waals surface area contributed by atoms with E-state index in [4.69, 9.17) is 0 Å². The third-order valence-electron chi connectivity index (χ3n) is 3.23. The van der Waals surface area contributed by atoms with Gasteiger partial charge in [0.15, 0.2) is 0 Å². The minimum absolute atomic E-state index is 0.275. The Morgan fingerprint density at radius 3 is 2.83 bits per heavy atom. The highest BCUT2D eigenvalue weighted by Crippen LogP contribution is 2.36. The molecule has 3 atom stereocenters. The van der Waals surface area contributed by atoms with Crippen LogP contribution < -0.4 is 0 Å². The van der Waals surface area contributed by atoms with Crippen LogP contribution in [0.3, 0.4) is 0 Å². The summed E-state index contributed by atoms with van der Waals surface area (Å²) < 4.78 is 0. The van der Waals surface area contributed by atoms with Gasteiger partial charge in [-0.3, -0.25) is 0 Å². The van der Waals surface area contributed by atoms with Crippen molar-refractivity contribution in [3.8, 4) is 5.75 Å². The van der Waals surface area contributed by atoms with Crippen LogP contribution in [0.5, 0.6) is 5.75 Å². The summed E-state index contributed by atoms with van der Waals surface area (Å²) in [5.41, 5.74) is 1.01. The van der Waals surface area contributed by atoms with Crippen molar-refractivity contribution in [2.24, 2.45) is 0 Å². The average Bonchev–Trinajstić information content (AvgIpc) is 2.38. The number of hydrogen-bond acceptors (Lipinski definition) is 4. The zero-order valence-corrected chi connectivity index (χ0v) is 12.2. The van der Waals surface area contributed by atoms with Gasteiger partial charge in [0.2, 0.25) is 0 Å². The number of rotatable bonds is 4.